The summed E-state index contributed by atoms with van der Waals surface area (Å²) in [7, 11) is 1.58. The van der Waals surface area contributed by atoms with Crippen molar-refractivity contribution in [3.05, 3.63) is 45.6 Å². The Bertz CT molecular complexity index is 908. The Balaban J connectivity index is 1.74. The van der Waals surface area contributed by atoms with Crippen LogP contribution in [0.4, 0.5) is 18.3 Å². The summed E-state index contributed by atoms with van der Waals surface area (Å²) in [6.07, 6.45) is -0.792. The molecule has 1 fully saturated rings. The van der Waals surface area contributed by atoms with Crippen LogP contribution in [0.5, 0.6) is 0 Å². The molecule has 3 rings (SSSR count). The van der Waals surface area contributed by atoms with Gasteiger partial charge in [-0.1, -0.05) is 43.4 Å². The monoisotopic (exact) mass is 458 g/mol. The van der Waals surface area contributed by atoms with Crippen molar-refractivity contribution < 1.29 is 22.7 Å². The van der Waals surface area contributed by atoms with Crippen LogP contribution in [0.2, 0.25) is 0 Å². The predicted molar refractivity (Wildman–Crippen MR) is 111 cm³/mol. The van der Waals surface area contributed by atoms with E-state index in [0.29, 0.717) is 5.56 Å². The second kappa shape index (κ2) is 9.60. The Kier molecular flexibility index (Phi) is 7.30. The lowest BCUT2D eigenvalue weighted by molar-refractivity contribution is -0.138. The van der Waals surface area contributed by atoms with Gasteiger partial charge >= 0.3 is 23.6 Å². The maximum Gasteiger partial charge on any atom is 0.445 e. The van der Waals surface area contributed by atoms with E-state index in [9.17, 15) is 23.2 Å². The molecule has 11 heteroatoms. The molecule has 170 valence electrons. The van der Waals surface area contributed by atoms with Gasteiger partial charge in [0.05, 0.1) is 12.1 Å². The van der Waals surface area contributed by atoms with Gasteiger partial charge in [0.15, 0.2) is 0 Å². The highest BCUT2D eigenvalue weighted by Gasteiger charge is 2.48. The second-order valence-corrected chi connectivity index (χ2v) is 8.59. The summed E-state index contributed by atoms with van der Waals surface area (Å²) in [5.74, 6) is -0.701. The van der Waals surface area contributed by atoms with E-state index < -0.39 is 28.2 Å². The van der Waals surface area contributed by atoms with Crippen LogP contribution in [0.1, 0.15) is 53.5 Å². The van der Waals surface area contributed by atoms with Gasteiger partial charge in [-0.15, -0.1) is 5.10 Å². The largest absolute Gasteiger partial charge is 0.622 e. The number of aryl methyl sites for hydroxylation is 1. The molecule has 1 aliphatic heterocycles. The zero-order chi connectivity index (χ0) is 22.6. The van der Waals surface area contributed by atoms with Crippen LogP contribution < -0.4 is 4.65 Å². The van der Waals surface area contributed by atoms with Crippen molar-refractivity contribution in [1.29, 1.82) is 0 Å². The van der Waals surface area contributed by atoms with E-state index in [4.69, 9.17) is 4.74 Å². The zero-order valence-electron chi connectivity index (χ0n) is 17.4. The molecule has 2 atom stereocenters. The number of aromatic nitrogens is 2. The second-order valence-electron chi connectivity index (χ2n) is 7.63. The highest BCUT2D eigenvalue weighted by molar-refractivity contribution is 7.15. The van der Waals surface area contributed by atoms with Crippen molar-refractivity contribution in [2.45, 2.75) is 51.6 Å². The van der Waals surface area contributed by atoms with E-state index >= 15 is 0 Å². The van der Waals surface area contributed by atoms with Gasteiger partial charge in [-0.05, 0) is 48.9 Å². The maximum atomic E-state index is 13.4. The first-order valence-corrected chi connectivity index (χ1v) is 11.0. The number of carbonyl (C=O) groups is 1. The summed E-state index contributed by atoms with van der Waals surface area (Å²) in [6, 6.07) is 7.01. The number of esters is 1. The van der Waals surface area contributed by atoms with Crippen molar-refractivity contribution >= 4 is 22.4 Å². The lowest BCUT2D eigenvalue weighted by Gasteiger charge is -2.39. The molecule has 0 saturated carbocycles. The molecule has 0 aliphatic carbocycles. The number of ether oxygens (including phenoxy) is 1. The van der Waals surface area contributed by atoms with Gasteiger partial charge in [0.1, 0.15) is 6.54 Å². The molecule has 7 nitrogen and oxygen atoms in total. The summed E-state index contributed by atoms with van der Waals surface area (Å²) in [5.41, 5.74) is 1.29. The van der Waals surface area contributed by atoms with E-state index in [0.717, 1.165) is 37.7 Å². The number of halogens is 3. The standard InChI is InChI=1S/C20H25F3N4O3S/c1-3-4-5-6-8-14-9-7-10-15(13-14)16(28)30-19-26(2)11-12-27(19,29)18-25-24-17(31-18)20(21,22)23/h7,9-10,13,19H,3-6,8,11-12H2,1-2H3. The van der Waals surface area contributed by atoms with E-state index in [1.165, 1.54) is 4.90 Å². The molecule has 0 amide bonds. The third-order valence-electron chi connectivity index (χ3n) is 5.19. The highest BCUT2D eigenvalue weighted by atomic mass is 32.1. The Hall–Kier alpha value is -2.08. The average Bonchev–Trinajstić information content (AvgIpc) is 3.34. The molecule has 0 bridgehead atoms. The molecule has 1 saturated heterocycles. The van der Waals surface area contributed by atoms with Crippen LogP contribution in [-0.2, 0) is 17.3 Å². The lowest BCUT2D eigenvalue weighted by atomic mass is 10.0. The SMILES string of the molecule is CCCCCCc1cccc(C(=O)OC2N(C)CC[N+]2([O-])c2nnc(C(F)(F)F)s2)c1. The average molecular weight is 459 g/mol. The molecule has 2 unspecified atom stereocenters. The minimum absolute atomic E-state index is 0.0988. The Morgan fingerprint density at radius 2 is 2.10 bits per heavy atom. The number of carbonyl (C=O) groups excluding carboxylic acids is 1. The third-order valence-corrected chi connectivity index (χ3v) is 6.27. The first-order valence-electron chi connectivity index (χ1n) is 10.2. The van der Waals surface area contributed by atoms with Gasteiger partial charge in [0, 0.05) is 0 Å². The van der Waals surface area contributed by atoms with Crippen molar-refractivity contribution in [3.63, 3.8) is 0 Å². The first-order chi connectivity index (χ1) is 14.6. The summed E-state index contributed by atoms with van der Waals surface area (Å²) >= 11 is 0.175. The minimum atomic E-state index is -4.69. The number of benzene rings is 1. The van der Waals surface area contributed by atoms with Gasteiger partial charge in [-0.2, -0.15) is 13.2 Å². The Morgan fingerprint density at radius 1 is 1.32 bits per heavy atom. The number of quaternary nitrogens is 1. The number of hydrogen-bond donors (Lipinski definition) is 0. The summed E-state index contributed by atoms with van der Waals surface area (Å²) in [5, 5.41) is 18.3. The van der Waals surface area contributed by atoms with Crippen molar-refractivity contribution in [2.75, 3.05) is 20.1 Å². The predicted octanol–water partition coefficient (Wildman–Crippen LogP) is 4.57. The third kappa shape index (κ3) is 5.40. The number of hydroxylamine groups is 2. The Morgan fingerprint density at radius 3 is 2.77 bits per heavy atom. The number of alkyl halides is 3. The Labute approximate surface area is 182 Å². The van der Waals surface area contributed by atoms with E-state index in [2.05, 4.69) is 17.1 Å². The number of hydrogen-bond acceptors (Lipinski definition) is 7. The van der Waals surface area contributed by atoms with Gasteiger partial charge < -0.3 is 9.94 Å². The molecule has 0 N–H and O–H groups in total. The molecule has 0 spiro atoms. The van der Waals surface area contributed by atoms with Gasteiger partial charge in [0.25, 0.3) is 0 Å². The van der Waals surface area contributed by atoms with E-state index in [1.807, 2.05) is 6.07 Å². The molecule has 1 aromatic heterocycles. The molecule has 31 heavy (non-hydrogen) atoms. The first kappa shape index (κ1) is 23.6. The quantitative estimate of drug-likeness (QED) is 0.250. The highest BCUT2D eigenvalue weighted by Crippen LogP contribution is 2.39. The fourth-order valence-corrected chi connectivity index (χ4v) is 4.26. The lowest BCUT2D eigenvalue weighted by Crippen LogP contribution is -2.53. The molecule has 2 heterocycles. The van der Waals surface area contributed by atoms with Crippen LogP contribution in [-0.4, -0.2) is 47.6 Å². The molecule has 0 radical (unpaired) electrons. The number of likely N-dealkylation sites (N-methyl/N-ethyl adjacent to an activating group) is 1. The van der Waals surface area contributed by atoms with Gasteiger partial charge in [-0.25, -0.2) is 9.69 Å². The molecule has 1 aromatic carbocycles. The summed E-state index contributed by atoms with van der Waals surface area (Å²) < 4.78 is 42.8. The molecule has 1 aliphatic rings. The fourth-order valence-electron chi connectivity index (χ4n) is 3.47. The molecular weight excluding hydrogens is 433 g/mol. The van der Waals surface area contributed by atoms with Crippen LogP contribution in [0.15, 0.2) is 24.3 Å². The van der Waals surface area contributed by atoms with Gasteiger partial charge in [-0.3, -0.25) is 4.65 Å². The van der Waals surface area contributed by atoms with Crippen LogP contribution in [0.3, 0.4) is 0 Å². The number of unbranched alkanes of at least 4 members (excludes halogenated alkanes) is 3. The minimum Gasteiger partial charge on any atom is -0.622 e. The fraction of sp³-hybridized carbons (Fsp3) is 0.550. The zero-order valence-corrected chi connectivity index (χ0v) is 18.2. The maximum absolute atomic E-state index is 13.4. The smallest absolute Gasteiger partial charge is 0.445 e. The number of rotatable bonds is 8. The normalized spacial score (nSPS) is 22.1. The molecule has 2 aromatic rings. The van der Waals surface area contributed by atoms with Crippen LogP contribution in [0, 0.1) is 5.21 Å². The topological polar surface area (TPSA) is 78.4 Å². The van der Waals surface area contributed by atoms with Crippen LogP contribution in [0.25, 0.3) is 0 Å². The van der Waals surface area contributed by atoms with Crippen molar-refractivity contribution in [1.82, 2.24) is 19.7 Å². The van der Waals surface area contributed by atoms with Crippen molar-refractivity contribution in [3.8, 4) is 0 Å². The number of nitrogens with zero attached hydrogens (tertiary/aromatic N) is 4. The molecular formula is C20H25F3N4O3S. The van der Waals surface area contributed by atoms with Gasteiger partial charge in [0.2, 0.25) is 5.01 Å². The summed E-state index contributed by atoms with van der Waals surface area (Å²) in [6.45, 7) is 2.27. The van der Waals surface area contributed by atoms with Crippen molar-refractivity contribution in [2.24, 2.45) is 0 Å². The van der Waals surface area contributed by atoms with E-state index in [-0.39, 0.29) is 29.6 Å². The summed E-state index contributed by atoms with van der Waals surface area (Å²) in [4.78, 5) is 14.2. The van der Waals surface area contributed by atoms with E-state index in [1.54, 1.807) is 25.2 Å². The van der Waals surface area contributed by atoms with Crippen LogP contribution >= 0.6 is 11.3 Å².